The predicted molar refractivity (Wildman–Crippen MR) is 152 cm³/mol. The van der Waals surface area contributed by atoms with Crippen molar-refractivity contribution in [1.29, 1.82) is 0 Å². The van der Waals surface area contributed by atoms with Gasteiger partial charge in [-0.25, -0.2) is 4.98 Å². The summed E-state index contributed by atoms with van der Waals surface area (Å²) in [6.45, 7) is 10.5. The molecule has 0 unspecified atom stereocenters. The van der Waals surface area contributed by atoms with Crippen molar-refractivity contribution < 1.29 is 6.22 Å². The van der Waals surface area contributed by atoms with E-state index >= 15 is 0 Å². The average Bonchev–Trinajstić information content (AvgIpc) is 2.89. The Bertz CT molecular complexity index is 1160. The molecule has 6 nitrogen and oxygen atoms in total. The van der Waals surface area contributed by atoms with E-state index in [-0.39, 0.29) is 7.33 Å². The van der Waals surface area contributed by atoms with E-state index in [9.17, 15) is 4.79 Å². The minimum absolute atomic E-state index is 0. The molecule has 1 aliphatic heterocycles. The predicted octanol–water partition coefficient (Wildman–Crippen LogP) is 5.84. The number of anilines is 1. The summed E-state index contributed by atoms with van der Waals surface area (Å²) in [7, 11) is 2.26. The molecule has 2 aromatic rings. The molecule has 1 aromatic carbocycles. The molecular weight excluding hydrogens is 446 g/mol. The number of rotatable bonds is 9. The molecule has 6 heteroatoms. The second-order valence-electron chi connectivity index (χ2n) is 10.2. The van der Waals surface area contributed by atoms with Gasteiger partial charge in [-0.3, -0.25) is 9.69 Å². The van der Waals surface area contributed by atoms with E-state index in [2.05, 4.69) is 70.8 Å². The molecule has 0 saturated carbocycles. The molecular formula is C30H43N5O. The summed E-state index contributed by atoms with van der Waals surface area (Å²) in [5.41, 5.74) is 4.86. The summed E-state index contributed by atoms with van der Waals surface area (Å²) >= 11 is 0. The fraction of sp³-hybridized carbons (Fsp3) is 0.467. The summed E-state index contributed by atoms with van der Waals surface area (Å²) in [6, 6.07) is 11.1. The number of carbonyl (C=O) groups excluding carboxylic acids is 1. The Balaban J connectivity index is 0.00000380. The summed E-state index contributed by atoms with van der Waals surface area (Å²) < 4.78 is 0. The number of hydrogen-bond donors (Lipinski definition) is 2. The Morgan fingerprint density at radius 1 is 1.17 bits per heavy atom. The molecule has 2 heterocycles. The number of hydrogen-bond acceptors (Lipinski definition) is 5. The van der Waals surface area contributed by atoms with Crippen LogP contribution in [0.3, 0.4) is 0 Å². The first kappa shape index (κ1) is 26.1. The number of aromatic nitrogens is 1. The zero-order chi connectivity index (χ0) is 25.5. The maximum atomic E-state index is 12.8. The topological polar surface area (TPSA) is 60.5 Å². The number of likely N-dealkylation sites (tertiary alicyclic amines) is 1. The van der Waals surface area contributed by atoms with Crippen LogP contribution < -0.4 is 10.6 Å². The van der Waals surface area contributed by atoms with Crippen molar-refractivity contribution in [3.8, 4) is 0 Å². The second-order valence-corrected chi connectivity index (χ2v) is 10.2. The van der Waals surface area contributed by atoms with Gasteiger partial charge in [-0.15, -0.1) is 0 Å². The van der Waals surface area contributed by atoms with Crippen LogP contribution in [0.5, 0.6) is 0 Å². The molecule has 0 bridgehead atoms. The first-order valence-corrected chi connectivity index (χ1v) is 13.4. The number of pyridine rings is 1. The van der Waals surface area contributed by atoms with Gasteiger partial charge in [0.2, 0.25) is 0 Å². The number of benzene rings is 1. The van der Waals surface area contributed by atoms with Gasteiger partial charge in [-0.05, 0) is 109 Å². The van der Waals surface area contributed by atoms with Crippen LogP contribution in [0.25, 0.3) is 10.9 Å². The minimum Gasteiger partial charge on any atom is -0.362 e. The number of piperidine rings is 1. The third kappa shape index (κ3) is 6.83. The first-order chi connectivity index (χ1) is 17.4. The minimum atomic E-state index is -0.136. The smallest absolute Gasteiger partial charge is 0.254 e. The highest BCUT2D eigenvalue weighted by Gasteiger charge is 2.22. The van der Waals surface area contributed by atoms with E-state index in [0.29, 0.717) is 11.4 Å². The number of nitrogens with zero attached hydrogens (tertiary/aromatic N) is 3. The van der Waals surface area contributed by atoms with Gasteiger partial charge in [0.25, 0.3) is 5.91 Å². The highest BCUT2D eigenvalue weighted by atomic mass is 16.1. The van der Waals surface area contributed by atoms with Crippen LogP contribution in [0.2, 0.25) is 0 Å². The Morgan fingerprint density at radius 2 is 1.97 bits per heavy atom. The zero-order valence-corrected chi connectivity index (χ0v) is 22.3. The number of allylic oxidation sites excluding steroid dienone is 5. The Kier molecular flexibility index (Phi) is 8.94. The number of carbonyl (C=O) groups is 1. The maximum Gasteiger partial charge on any atom is 0.254 e. The van der Waals surface area contributed by atoms with Crippen molar-refractivity contribution in [1.82, 2.24) is 20.1 Å². The molecule has 1 amide bonds. The highest BCUT2D eigenvalue weighted by Crippen LogP contribution is 2.22. The zero-order valence-electron chi connectivity index (χ0n) is 22.3. The monoisotopic (exact) mass is 489 g/mol. The first-order valence-electron chi connectivity index (χ1n) is 13.4. The van der Waals surface area contributed by atoms with Crippen molar-refractivity contribution >= 4 is 22.6 Å². The third-order valence-corrected chi connectivity index (χ3v) is 7.42. The lowest BCUT2D eigenvalue weighted by Crippen LogP contribution is -2.43. The van der Waals surface area contributed by atoms with Crippen LogP contribution in [0.4, 0.5) is 5.82 Å². The normalized spacial score (nSPS) is 17.8. The summed E-state index contributed by atoms with van der Waals surface area (Å²) in [5.74, 6) is 0.439. The lowest BCUT2D eigenvalue weighted by atomic mass is 10.0. The van der Waals surface area contributed by atoms with Crippen molar-refractivity contribution in [3.05, 3.63) is 71.1 Å². The fourth-order valence-electron chi connectivity index (χ4n) is 5.08. The average molecular weight is 490 g/mol. The van der Waals surface area contributed by atoms with Crippen LogP contribution in [-0.2, 0) is 11.3 Å². The van der Waals surface area contributed by atoms with Crippen molar-refractivity contribution in [2.75, 3.05) is 32.0 Å². The maximum absolute atomic E-state index is 12.8. The molecule has 2 aliphatic rings. The molecule has 0 radical (unpaired) electrons. The van der Waals surface area contributed by atoms with Crippen LogP contribution in [-0.4, -0.2) is 53.4 Å². The third-order valence-electron chi connectivity index (χ3n) is 7.42. The molecule has 0 atom stereocenters. The van der Waals surface area contributed by atoms with Gasteiger partial charge in [-0.1, -0.05) is 25.1 Å². The standard InChI is InChI=1S/C30H41N5O.H2/c1-5-17-34(4)27-15-18-35(19-16-27)21-24-11-13-28-25(20-24)12-14-29(32-28)33-30(36)22(2)23(3)31-26-9-7-6-8-10-26;/h6-7,9,11-14,20,27,31H,5,8,10,15-19,21H2,1-4H3,(H,32,33,36);1H/b23-22+;. The van der Waals surface area contributed by atoms with Crippen LogP contribution >= 0.6 is 0 Å². The fourth-order valence-corrected chi connectivity index (χ4v) is 5.08. The van der Waals surface area contributed by atoms with Gasteiger partial charge in [0.15, 0.2) is 0 Å². The molecule has 36 heavy (non-hydrogen) atoms. The lowest BCUT2D eigenvalue weighted by Gasteiger charge is -2.36. The van der Waals surface area contributed by atoms with Gasteiger partial charge < -0.3 is 15.5 Å². The molecule has 1 fully saturated rings. The van der Waals surface area contributed by atoms with E-state index in [1.807, 2.05) is 26.0 Å². The Labute approximate surface area is 217 Å². The molecule has 1 aliphatic carbocycles. The van der Waals surface area contributed by atoms with Gasteiger partial charge in [-0.2, -0.15) is 0 Å². The largest absolute Gasteiger partial charge is 0.362 e. The molecule has 0 spiro atoms. The summed E-state index contributed by atoms with van der Waals surface area (Å²) in [4.78, 5) is 22.6. The van der Waals surface area contributed by atoms with Gasteiger partial charge in [0.1, 0.15) is 5.82 Å². The molecule has 1 saturated heterocycles. The van der Waals surface area contributed by atoms with Crippen molar-refractivity contribution in [2.45, 2.75) is 65.5 Å². The second kappa shape index (κ2) is 12.3. The van der Waals surface area contributed by atoms with E-state index in [1.165, 1.54) is 31.4 Å². The van der Waals surface area contributed by atoms with E-state index in [4.69, 9.17) is 4.98 Å². The van der Waals surface area contributed by atoms with E-state index < -0.39 is 0 Å². The summed E-state index contributed by atoms with van der Waals surface area (Å²) in [6.07, 6.45) is 11.9. The Morgan fingerprint density at radius 3 is 2.69 bits per heavy atom. The van der Waals surface area contributed by atoms with Crippen LogP contribution in [0.1, 0.15) is 59.9 Å². The highest BCUT2D eigenvalue weighted by molar-refractivity contribution is 6.03. The molecule has 194 valence electrons. The van der Waals surface area contributed by atoms with Crippen molar-refractivity contribution in [2.24, 2.45) is 0 Å². The SMILES string of the molecule is CCCN(C)C1CCN(Cc2ccc3nc(NC(=O)/C(C)=C(\C)NC4=CC=CCC4)ccc3c2)CC1.[HH]. The lowest BCUT2D eigenvalue weighted by molar-refractivity contribution is -0.112. The van der Waals surface area contributed by atoms with Gasteiger partial charge in [0.05, 0.1) is 5.52 Å². The van der Waals surface area contributed by atoms with Crippen LogP contribution in [0.15, 0.2) is 65.5 Å². The number of fused-ring (bicyclic) bond motifs is 1. The molecule has 2 N–H and O–H groups in total. The number of nitrogens with one attached hydrogen (secondary N) is 2. The molecule has 4 rings (SSSR count). The Hall–Kier alpha value is -2.96. The van der Waals surface area contributed by atoms with E-state index in [0.717, 1.165) is 60.8 Å². The van der Waals surface area contributed by atoms with Gasteiger partial charge >= 0.3 is 0 Å². The van der Waals surface area contributed by atoms with E-state index in [1.54, 1.807) is 0 Å². The van der Waals surface area contributed by atoms with Crippen molar-refractivity contribution in [3.63, 3.8) is 0 Å². The van der Waals surface area contributed by atoms with Gasteiger partial charge in [0, 0.05) is 36.4 Å². The summed E-state index contributed by atoms with van der Waals surface area (Å²) in [5, 5.41) is 7.43. The molecule has 1 aromatic heterocycles. The van der Waals surface area contributed by atoms with Crippen LogP contribution in [0, 0.1) is 0 Å². The number of amides is 1. The quantitative estimate of drug-likeness (QED) is 0.433.